The van der Waals surface area contributed by atoms with Crippen molar-refractivity contribution in [3.8, 4) is 0 Å². The summed E-state index contributed by atoms with van der Waals surface area (Å²) in [6.45, 7) is 6.90. The van der Waals surface area contributed by atoms with Gasteiger partial charge in [-0.05, 0) is 48.9 Å². The van der Waals surface area contributed by atoms with Gasteiger partial charge < -0.3 is 4.79 Å². The predicted octanol–water partition coefficient (Wildman–Crippen LogP) is 3.28. The lowest BCUT2D eigenvalue weighted by atomic mass is 9.45. The van der Waals surface area contributed by atoms with Crippen LogP contribution in [0.25, 0.3) is 0 Å². The smallest absolute Gasteiger partial charge is 0.122 e. The van der Waals surface area contributed by atoms with Gasteiger partial charge in [0.15, 0.2) is 0 Å². The number of fused-ring (bicyclic) bond motifs is 2. The van der Waals surface area contributed by atoms with Crippen LogP contribution in [0.15, 0.2) is 0 Å². The van der Waals surface area contributed by atoms with Crippen LogP contribution >= 0.6 is 0 Å². The molecule has 0 aliphatic heterocycles. The number of rotatable bonds is 3. The molecular formula is C13H22O. The molecule has 4 atom stereocenters. The van der Waals surface area contributed by atoms with Crippen LogP contribution in [0.4, 0.5) is 0 Å². The topological polar surface area (TPSA) is 17.1 Å². The number of carbonyl (C=O) groups is 1. The maximum absolute atomic E-state index is 10.7. The fourth-order valence-corrected chi connectivity index (χ4v) is 3.78. The van der Waals surface area contributed by atoms with Crippen molar-refractivity contribution in [2.24, 2.45) is 29.1 Å². The molecule has 2 bridgehead atoms. The first-order valence-electron chi connectivity index (χ1n) is 6.01. The normalized spacial score (nSPS) is 41.2. The number of aldehydes is 1. The molecule has 0 saturated heterocycles. The van der Waals surface area contributed by atoms with E-state index >= 15 is 0 Å². The van der Waals surface area contributed by atoms with Gasteiger partial charge in [-0.25, -0.2) is 0 Å². The molecule has 3 fully saturated rings. The van der Waals surface area contributed by atoms with Gasteiger partial charge in [0.1, 0.15) is 6.29 Å². The average Bonchev–Trinajstić information content (AvgIpc) is 2.17. The second-order valence-corrected chi connectivity index (χ2v) is 6.05. The molecule has 0 aromatic carbocycles. The van der Waals surface area contributed by atoms with Gasteiger partial charge in [0, 0.05) is 5.92 Å². The predicted molar refractivity (Wildman–Crippen MR) is 57.9 cm³/mol. The van der Waals surface area contributed by atoms with Crippen molar-refractivity contribution in [2.75, 3.05) is 0 Å². The van der Waals surface area contributed by atoms with E-state index in [-0.39, 0.29) is 5.92 Å². The fraction of sp³-hybridized carbons (Fsp3) is 0.923. The SMILES string of the molecule is CC(C=O)CC1CC[C@H]2C[C@@H]1C2(C)C. The van der Waals surface area contributed by atoms with Crippen LogP contribution in [0.2, 0.25) is 0 Å². The summed E-state index contributed by atoms with van der Waals surface area (Å²) in [7, 11) is 0. The van der Waals surface area contributed by atoms with Gasteiger partial charge >= 0.3 is 0 Å². The summed E-state index contributed by atoms with van der Waals surface area (Å²) in [4.78, 5) is 10.7. The summed E-state index contributed by atoms with van der Waals surface area (Å²) < 4.78 is 0. The van der Waals surface area contributed by atoms with Crippen LogP contribution in [0.3, 0.4) is 0 Å². The molecule has 2 unspecified atom stereocenters. The Kier molecular flexibility index (Phi) is 2.45. The molecule has 1 nitrogen and oxygen atoms in total. The van der Waals surface area contributed by atoms with Crippen molar-refractivity contribution >= 4 is 6.29 Å². The Morgan fingerprint density at radius 1 is 1.43 bits per heavy atom. The summed E-state index contributed by atoms with van der Waals surface area (Å²) in [6.07, 6.45) is 6.46. The highest BCUT2D eigenvalue weighted by atomic mass is 16.1. The van der Waals surface area contributed by atoms with E-state index in [9.17, 15) is 4.79 Å². The Hall–Kier alpha value is -0.330. The van der Waals surface area contributed by atoms with Crippen molar-refractivity contribution in [1.29, 1.82) is 0 Å². The summed E-state index contributed by atoms with van der Waals surface area (Å²) in [5.41, 5.74) is 0.575. The van der Waals surface area contributed by atoms with Gasteiger partial charge in [-0.2, -0.15) is 0 Å². The first-order valence-corrected chi connectivity index (χ1v) is 6.01. The van der Waals surface area contributed by atoms with E-state index in [1.54, 1.807) is 0 Å². The highest BCUT2D eigenvalue weighted by molar-refractivity contribution is 5.52. The molecule has 3 aliphatic rings. The minimum atomic E-state index is 0.271. The van der Waals surface area contributed by atoms with Crippen LogP contribution in [0.5, 0.6) is 0 Å². The third-order valence-electron chi connectivity index (χ3n) is 4.91. The summed E-state index contributed by atoms with van der Waals surface area (Å²) in [5.74, 6) is 2.99. The minimum absolute atomic E-state index is 0.271. The first kappa shape index (κ1) is 10.2. The fourth-order valence-electron chi connectivity index (χ4n) is 3.78. The molecule has 0 radical (unpaired) electrons. The Labute approximate surface area is 87.3 Å². The van der Waals surface area contributed by atoms with Gasteiger partial charge in [-0.3, -0.25) is 0 Å². The molecule has 3 aliphatic carbocycles. The highest BCUT2D eigenvalue weighted by Crippen LogP contribution is 2.62. The Bertz CT molecular complexity index is 229. The summed E-state index contributed by atoms with van der Waals surface area (Å²) in [5, 5.41) is 0. The second kappa shape index (κ2) is 3.36. The molecule has 3 rings (SSSR count). The van der Waals surface area contributed by atoms with Crippen LogP contribution in [0, 0.1) is 29.1 Å². The van der Waals surface area contributed by atoms with E-state index in [0.717, 1.165) is 30.5 Å². The lowest BCUT2D eigenvalue weighted by molar-refractivity contribution is -0.119. The molecule has 0 spiro atoms. The molecule has 0 heterocycles. The van der Waals surface area contributed by atoms with E-state index in [1.165, 1.54) is 19.3 Å². The minimum Gasteiger partial charge on any atom is -0.303 e. The van der Waals surface area contributed by atoms with E-state index in [1.807, 2.05) is 0 Å². The van der Waals surface area contributed by atoms with Gasteiger partial charge in [-0.15, -0.1) is 0 Å². The zero-order chi connectivity index (χ0) is 10.3. The van der Waals surface area contributed by atoms with Crippen molar-refractivity contribution in [3.05, 3.63) is 0 Å². The Morgan fingerprint density at radius 2 is 2.14 bits per heavy atom. The van der Waals surface area contributed by atoms with Crippen molar-refractivity contribution in [1.82, 2.24) is 0 Å². The van der Waals surface area contributed by atoms with Crippen LogP contribution in [-0.2, 0) is 4.79 Å². The maximum Gasteiger partial charge on any atom is 0.122 e. The summed E-state index contributed by atoms with van der Waals surface area (Å²) >= 11 is 0. The third-order valence-corrected chi connectivity index (χ3v) is 4.91. The van der Waals surface area contributed by atoms with E-state index in [2.05, 4.69) is 20.8 Å². The molecule has 0 aromatic heterocycles. The number of hydrogen-bond donors (Lipinski definition) is 0. The highest BCUT2D eigenvalue weighted by Gasteiger charge is 2.53. The van der Waals surface area contributed by atoms with Crippen molar-refractivity contribution < 1.29 is 4.79 Å². The Balaban J connectivity index is 1.97. The summed E-state index contributed by atoms with van der Waals surface area (Å²) in [6, 6.07) is 0. The number of hydrogen-bond acceptors (Lipinski definition) is 1. The molecule has 0 aromatic rings. The molecular weight excluding hydrogens is 172 g/mol. The first-order chi connectivity index (χ1) is 6.55. The van der Waals surface area contributed by atoms with E-state index < -0.39 is 0 Å². The third kappa shape index (κ3) is 1.41. The van der Waals surface area contributed by atoms with Crippen molar-refractivity contribution in [2.45, 2.75) is 46.5 Å². The molecule has 0 amide bonds. The molecule has 3 saturated carbocycles. The van der Waals surface area contributed by atoms with Gasteiger partial charge in [0.05, 0.1) is 0 Å². The quantitative estimate of drug-likeness (QED) is 0.630. The molecule has 1 heteroatoms. The zero-order valence-corrected chi connectivity index (χ0v) is 9.62. The van der Waals surface area contributed by atoms with Crippen LogP contribution in [-0.4, -0.2) is 6.29 Å². The van der Waals surface area contributed by atoms with Gasteiger partial charge in [0.2, 0.25) is 0 Å². The second-order valence-electron chi connectivity index (χ2n) is 6.05. The van der Waals surface area contributed by atoms with Crippen LogP contribution in [0.1, 0.15) is 46.5 Å². The monoisotopic (exact) mass is 194 g/mol. The Morgan fingerprint density at radius 3 is 2.64 bits per heavy atom. The maximum atomic E-state index is 10.7. The van der Waals surface area contributed by atoms with Gasteiger partial charge in [0.25, 0.3) is 0 Å². The lowest BCUT2D eigenvalue weighted by Crippen LogP contribution is -2.52. The molecule has 0 N–H and O–H groups in total. The van der Waals surface area contributed by atoms with E-state index in [0.29, 0.717) is 5.41 Å². The van der Waals surface area contributed by atoms with Crippen LogP contribution < -0.4 is 0 Å². The molecule has 80 valence electrons. The lowest BCUT2D eigenvalue weighted by Gasteiger charge is -2.60. The van der Waals surface area contributed by atoms with Gasteiger partial charge in [-0.1, -0.05) is 20.8 Å². The average molecular weight is 194 g/mol. The van der Waals surface area contributed by atoms with Crippen molar-refractivity contribution in [3.63, 3.8) is 0 Å². The number of carbonyl (C=O) groups excluding carboxylic acids is 1. The molecule has 14 heavy (non-hydrogen) atoms. The van der Waals surface area contributed by atoms with E-state index in [4.69, 9.17) is 0 Å². The largest absolute Gasteiger partial charge is 0.303 e. The zero-order valence-electron chi connectivity index (χ0n) is 9.62. The standard InChI is InChI=1S/C13H22O/c1-9(8-14)6-10-4-5-11-7-12(10)13(11,2)3/h8-12H,4-7H2,1-3H3/t9?,10?,11-,12-/m0/s1.